The maximum Gasteiger partial charge on any atom is 0.302 e. The Bertz CT molecular complexity index is 665. The summed E-state index contributed by atoms with van der Waals surface area (Å²) >= 11 is 0. The highest BCUT2D eigenvalue weighted by atomic mass is 16.5. The van der Waals surface area contributed by atoms with E-state index in [-0.39, 0.29) is 17.5 Å². The third-order valence-corrected chi connectivity index (χ3v) is 9.16. The molecule has 0 aromatic rings. The predicted octanol–water partition coefficient (Wildman–Crippen LogP) is 5.48. The number of esters is 1. The molecule has 0 heterocycles. The fourth-order valence-corrected chi connectivity index (χ4v) is 7.93. The normalized spacial score (nSPS) is 46.4. The Morgan fingerprint density at radius 3 is 2.48 bits per heavy atom. The lowest BCUT2D eigenvalue weighted by molar-refractivity contribution is -0.160. The standard InChI is InChI=1S/C24H36O3/c1-15(25)20-6-5-7-21-19-9-8-17-14-18(27-16(2)26)10-12-23(17,3)22(19)11-13-24(20,21)4/h6,17-19,21-22H,5,7-14H2,1-4H3/t17-,18+,19-,21?,22?,23-,24+/m0/s1. The van der Waals surface area contributed by atoms with Gasteiger partial charge in [-0.2, -0.15) is 0 Å². The third-order valence-electron chi connectivity index (χ3n) is 9.16. The molecule has 4 rings (SSSR count). The highest BCUT2D eigenvalue weighted by Crippen LogP contribution is 2.65. The third kappa shape index (κ3) is 3.00. The van der Waals surface area contributed by atoms with Crippen molar-refractivity contribution in [1.29, 1.82) is 0 Å². The molecule has 3 heteroatoms. The van der Waals surface area contributed by atoms with Crippen LogP contribution in [-0.4, -0.2) is 17.9 Å². The molecule has 0 radical (unpaired) electrons. The van der Waals surface area contributed by atoms with Gasteiger partial charge in [-0.05, 0) is 105 Å². The van der Waals surface area contributed by atoms with E-state index in [0.29, 0.717) is 23.0 Å². The first-order valence-corrected chi connectivity index (χ1v) is 11.1. The average molecular weight is 373 g/mol. The molecule has 4 aliphatic rings. The molecule has 0 aromatic heterocycles. The molecule has 3 fully saturated rings. The van der Waals surface area contributed by atoms with E-state index in [1.165, 1.54) is 45.4 Å². The van der Waals surface area contributed by atoms with E-state index in [1.54, 1.807) is 6.92 Å². The summed E-state index contributed by atoms with van der Waals surface area (Å²) in [4.78, 5) is 23.7. The van der Waals surface area contributed by atoms with Gasteiger partial charge >= 0.3 is 5.97 Å². The highest BCUT2D eigenvalue weighted by Gasteiger charge is 2.58. The minimum absolute atomic E-state index is 0.101. The zero-order chi connectivity index (χ0) is 19.4. The van der Waals surface area contributed by atoms with Crippen molar-refractivity contribution in [3.8, 4) is 0 Å². The number of ketones is 1. The van der Waals surface area contributed by atoms with Crippen molar-refractivity contribution in [3.05, 3.63) is 11.6 Å². The van der Waals surface area contributed by atoms with E-state index in [2.05, 4.69) is 19.9 Å². The lowest BCUT2D eigenvalue weighted by atomic mass is 9.43. The van der Waals surface area contributed by atoms with Crippen LogP contribution in [0.15, 0.2) is 11.6 Å². The van der Waals surface area contributed by atoms with E-state index < -0.39 is 0 Å². The number of carbonyl (C=O) groups excluding carboxylic acids is 2. The van der Waals surface area contributed by atoms with Crippen LogP contribution in [0, 0.1) is 34.5 Å². The highest BCUT2D eigenvalue weighted by molar-refractivity contribution is 5.94. The van der Waals surface area contributed by atoms with Crippen LogP contribution in [0.25, 0.3) is 0 Å². The molecule has 0 spiro atoms. The number of carbonyl (C=O) groups is 2. The molecule has 150 valence electrons. The molecule has 0 aliphatic heterocycles. The molecule has 0 N–H and O–H groups in total. The summed E-state index contributed by atoms with van der Waals surface area (Å²) in [6.07, 6.45) is 13.0. The molecule has 0 amide bonds. The summed E-state index contributed by atoms with van der Waals surface area (Å²) in [6.45, 7) is 8.22. The van der Waals surface area contributed by atoms with Crippen LogP contribution in [0.5, 0.6) is 0 Å². The minimum Gasteiger partial charge on any atom is -0.463 e. The van der Waals surface area contributed by atoms with Gasteiger partial charge < -0.3 is 4.74 Å². The second-order valence-corrected chi connectivity index (χ2v) is 10.4. The Hall–Kier alpha value is -1.12. The van der Waals surface area contributed by atoms with Crippen LogP contribution in [0.1, 0.15) is 85.5 Å². The van der Waals surface area contributed by atoms with Gasteiger partial charge in [0.15, 0.2) is 5.78 Å². The number of hydrogen-bond acceptors (Lipinski definition) is 3. The number of fused-ring (bicyclic) bond motifs is 5. The summed E-state index contributed by atoms with van der Waals surface area (Å²) in [6, 6.07) is 0. The summed E-state index contributed by atoms with van der Waals surface area (Å²) in [5.74, 6) is 3.06. The number of hydrogen-bond donors (Lipinski definition) is 0. The van der Waals surface area contributed by atoms with E-state index >= 15 is 0 Å². The second kappa shape index (κ2) is 6.74. The monoisotopic (exact) mass is 372 g/mol. The smallest absolute Gasteiger partial charge is 0.302 e. The average Bonchev–Trinajstić information content (AvgIpc) is 2.60. The van der Waals surface area contributed by atoms with Gasteiger partial charge in [-0.15, -0.1) is 0 Å². The van der Waals surface area contributed by atoms with Crippen LogP contribution in [0.3, 0.4) is 0 Å². The molecule has 7 atom stereocenters. The molecule has 4 aliphatic carbocycles. The number of rotatable bonds is 2. The van der Waals surface area contributed by atoms with Gasteiger partial charge in [-0.25, -0.2) is 0 Å². The Balaban J connectivity index is 1.57. The van der Waals surface area contributed by atoms with Crippen LogP contribution < -0.4 is 0 Å². The Labute approximate surface area is 164 Å². The van der Waals surface area contributed by atoms with E-state index in [1.807, 2.05) is 0 Å². The summed E-state index contributed by atoms with van der Waals surface area (Å²) in [7, 11) is 0. The fraction of sp³-hybridized carbons (Fsp3) is 0.833. The molecular formula is C24H36O3. The maximum absolute atomic E-state index is 12.3. The van der Waals surface area contributed by atoms with Crippen LogP contribution in [-0.2, 0) is 14.3 Å². The van der Waals surface area contributed by atoms with Crippen LogP contribution in [0.2, 0.25) is 0 Å². The van der Waals surface area contributed by atoms with Crippen molar-refractivity contribution in [2.24, 2.45) is 34.5 Å². The zero-order valence-corrected chi connectivity index (χ0v) is 17.6. The first kappa shape index (κ1) is 19.2. The van der Waals surface area contributed by atoms with Gasteiger partial charge in [0.1, 0.15) is 6.10 Å². The van der Waals surface area contributed by atoms with Crippen molar-refractivity contribution < 1.29 is 14.3 Å². The number of Topliss-reactive ketones (excluding diaryl/α,β-unsaturated/α-hetero) is 1. The molecule has 0 saturated heterocycles. The lowest BCUT2D eigenvalue weighted by Crippen LogP contribution is -2.55. The SMILES string of the molecule is CC(=O)O[C@@H]1CC[C@]2(C)C3CC[C@]4(C)C(C(C)=O)=CCCC4[C@@H]3CC[C@H]2C1. The predicted molar refractivity (Wildman–Crippen MR) is 106 cm³/mol. The first-order chi connectivity index (χ1) is 12.8. The molecule has 27 heavy (non-hydrogen) atoms. The molecule has 0 bridgehead atoms. The van der Waals surface area contributed by atoms with Crippen molar-refractivity contribution in [1.82, 2.24) is 0 Å². The molecular weight excluding hydrogens is 336 g/mol. The number of allylic oxidation sites excluding steroid dienone is 2. The van der Waals surface area contributed by atoms with Crippen LogP contribution in [0.4, 0.5) is 0 Å². The molecule has 3 nitrogen and oxygen atoms in total. The lowest BCUT2D eigenvalue weighted by Gasteiger charge is -2.62. The minimum atomic E-state index is -0.128. The summed E-state index contributed by atoms with van der Waals surface area (Å²) in [5, 5.41) is 0. The van der Waals surface area contributed by atoms with E-state index in [4.69, 9.17) is 4.74 Å². The molecule has 3 saturated carbocycles. The zero-order valence-electron chi connectivity index (χ0n) is 17.6. The number of ether oxygens (including phenoxy) is 1. The van der Waals surface area contributed by atoms with Gasteiger partial charge in [0, 0.05) is 6.92 Å². The van der Waals surface area contributed by atoms with E-state index in [0.717, 1.165) is 36.7 Å². The van der Waals surface area contributed by atoms with Gasteiger partial charge in [0.05, 0.1) is 0 Å². The largest absolute Gasteiger partial charge is 0.463 e. The first-order valence-electron chi connectivity index (χ1n) is 11.1. The maximum atomic E-state index is 12.3. The van der Waals surface area contributed by atoms with Gasteiger partial charge in [0.25, 0.3) is 0 Å². The van der Waals surface area contributed by atoms with Crippen molar-refractivity contribution in [2.75, 3.05) is 0 Å². The van der Waals surface area contributed by atoms with Crippen molar-refractivity contribution >= 4 is 11.8 Å². The molecule has 2 unspecified atom stereocenters. The van der Waals surface area contributed by atoms with Gasteiger partial charge in [-0.3, -0.25) is 9.59 Å². The Morgan fingerprint density at radius 2 is 1.78 bits per heavy atom. The summed E-state index contributed by atoms with van der Waals surface area (Å²) in [5.41, 5.74) is 1.62. The van der Waals surface area contributed by atoms with E-state index in [9.17, 15) is 9.59 Å². The van der Waals surface area contributed by atoms with Crippen molar-refractivity contribution in [3.63, 3.8) is 0 Å². The Morgan fingerprint density at radius 1 is 1.00 bits per heavy atom. The van der Waals surface area contributed by atoms with Crippen molar-refractivity contribution in [2.45, 2.75) is 91.6 Å². The Kier molecular flexibility index (Phi) is 4.79. The van der Waals surface area contributed by atoms with Gasteiger partial charge in [0.2, 0.25) is 0 Å². The van der Waals surface area contributed by atoms with Crippen LogP contribution >= 0.6 is 0 Å². The summed E-state index contributed by atoms with van der Waals surface area (Å²) < 4.78 is 5.58. The fourth-order valence-electron chi connectivity index (χ4n) is 7.93. The van der Waals surface area contributed by atoms with Gasteiger partial charge in [-0.1, -0.05) is 19.9 Å². The quantitative estimate of drug-likeness (QED) is 0.603. The molecule has 0 aromatic carbocycles. The topological polar surface area (TPSA) is 43.4 Å². The second-order valence-electron chi connectivity index (χ2n) is 10.4.